The Morgan fingerprint density at radius 1 is 1.00 bits per heavy atom. The minimum atomic E-state index is -0.334. The number of fused-ring (bicyclic) bond motifs is 2. The summed E-state index contributed by atoms with van der Waals surface area (Å²) in [5, 5.41) is 5.91. The molecule has 2 heterocycles. The number of aromatic amines is 1. The molecule has 0 fully saturated rings. The number of ether oxygens (including phenoxy) is 2. The molecule has 0 radical (unpaired) electrons. The quantitative estimate of drug-likeness (QED) is 0.436. The van der Waals surface area contributed by atoms with Gasteiger partial charge in [-0.15, -0.1) is 0 Å². The topological polar surface area (TPSA) is 88.3 Å². The number of nitrogens with zero attached hydrogens (tertiary/aromatic N) is 1. The molecule has 0 atom stereocenters. The lowest BCUT2D eigenvalue weighted by Gasteiger charge is -2.10. The summed E-state index contributed by atoms with van der Waals surface area (Å²) in [7, 11) is 0. The number of hydrogen-bond donors (Lipinski definition) is 3. The zero-order valence-electron chi connectivity index (χ0n) is 15.6. The number of carbonyl (C=O) groups is 1. The molecule has 7 nitrogen and oxygen atoms in total. The van der Waals surface area contributed by atoms with Gasteiger partial charge in [-0.25, -0.2) is 4.98 Å². The lowest BCUT2D eigenvalue weighted by atomic mass is 10.2. The Bertz CT molecular complexity index is 1250. The Morgan fingerprint density at radius 3 is 2.77 bits per heavy atom. The number of benzene rings is 3. The fourth-order valence-electron chi connectivity index (χ4n) is 3.21. The first-order valence-corrected chi connectivity index (χ1v) is 9.64. The molecule has 3 N–H and O–H groups in total. The number of rotatable bonds is 3. The van der Waals surface area contributed by atoms with Crippen molar-refractivity contribution in [2.24, 2.45) is 0 Å². The Balaban J connectivity index is 1.29. The fraction of sp³-hybridized carbons (Fsp3) is 0.0455. The number of imidazole rings is 1. The van der Waals surface area contributed by atoms with E-state index in [1.807, 2.05) is 48.5 Å². The third-order valence-corrected chi connectivity index (χ3v) is 4.85. The number of anilines is 1. The zero-order valence-corrected chi connectivity index (χ0v) is 16.5. The molecule has 0 saturated carbocycles. The van der Waals surface area contributed by atoms with Crippen LogP contribution in [-0.2, 0) is 0 Å². The first kappa shape index (κ1) is 18.1. The number of aromatic nitrogens is 2. The fourth-order valence-corrected chi connectivity index (χ4v) is 3.42. The largest absolute Gasteiger partial charge is 0.454 e. The Labute approximate surface area is 177 Å². The summed E-state index contributed by atoms with van der Waals surface area (Å²) in [5.41, 5.74) is 3.94. The van der Waals surface area contributed by atoms with Gasteiger partial charge in [-0.05, 0) is 54.7 Å². The second-order valence-corrected chi connectivity index (χ2v) is 7.07. The van der Waals surface area contributed by atoms with Gasteiger partial charge < -0.3 is 19.8 Å². The molecule has 1 amide bonds. The van der Waals surface area contributed by atoms with E-state index in [2.05, 4.69) is 20.6 Å². The molecule has 0 unspecified atom stereocenters. The van der Waals surface area contributed by atoms with Crippen LogP contribution in [-0.4, -0.2) is 27.8 Å². The van der Waals surface area contributed by atoms with Crippen LogP contribution in [0, 0.1) is 0 Å². The molecule has 1 aliphatic heterocycles. The molecular weight excluding hydrogens is 400 g/mol. The van der Waals surface area contributed by atoms with Crippen LogP contribution in [0.15, 0.2) is 66.7 Å². The van der Waals surface area contributed by atoms with E-state index in [1.54, 1.807) is 18.2 Å². The lowest BCUT2D eigenvalue weighted by Crippen LogP contribution is -2.34. The van der Waals surface area contributed by atoms with Gasteiger partial charge in [0.2, 0.25) is 6.79 Å². The maximum atomic E-state index is 12.5. The molecule has 0 saturated heterocycles. The number of para-hydroxylation sites is 2. The zero-order chi connectivity index (χ0) is 20.5. The van der Waals surface area contributed by atoms with Gasteiger partial charge in [0.1, 0.15) is 5.82 Å². The van der Waals surface area contributed by atoms with E-state index in [1.165, 1.54) is 0 Å². The standard InChI is InChI=1S/C22H16N4O3S/c27-21(14-8-9-18-19(11-14)29-12-28-18)26-22(30)23-15-5-3-4-13(10-15)20-24-16-6-1-2-7-17(16)25-20/h1-11H,12H2,(H,24,25)(H2,23,26,27,30). The summed E-state index contributed by atoms with van der Waals surface area (Å²) in [6.45, 7) is 0.155. The molecular formula is C22H16N4O3S. The van der Waals surface area contributed by atoms with E-state index in [0.29, 0.717) is 17.1 Å². The summed E-state index contributed by atoms with van der Waals surface area (Å²) in [6, 6.07) is 20.5. The molecule has 1 aliphatic rings. The van der Waals surface area contributed by atoms with Gasteiger partial charge in [-0.3, -0.25) is 10.1 Å². The number of carbonyl (C=O) groups excluding carboxylic acids is 1. The van der Waals surface area contributed by atoms with Gasteiger partial charge in [-0.2, -0.15) is 0 Å². The number of nitrogens with one attached hydrogen (secondary N) is 3. The molecule has 5 rings (SSSR count). The molecule has 8 heteroatoms. The molecule has 1 aromatic heterocycles. The number of hydrogen-bond acceptors (Lipinski definition) is 5. The van der Waals surface area contributed by atoms with Crippen molar-refractivity contribution in [3.8, 4) is 22.9 Å². The predicted molar refractivity (Wildman–Crippen MR) is 118 cm³/mol. The van der Waals surface area contributed by atoms with Crippen LogP contribution in [0.3, 0.4) is 0 Å². The Hall–Kier alpha value is -3.91. The second kappa shape index (κ2) is 7.49. The number of amides is 1. The average molecular weight is 416 g/mol. The lowest BCUT2D eigenvalue weighted by molar-refractivity contribution is 0.0977. The Kier molecular flexibility index (Phi) is 4.53. The molecule has 0 spiro atoms. The summed E-state index contributed by atoms with van der Waals surface area (Å²) in [4.78, 5) is 20.4. The van der Waals surface area contributed by atoms with Crippen LogP contribution in [0.1, 0.15) is 10.4 Å². The summed E-state index contributed by atoms with van der Waals surface area (Å²) in [6.07, 6.45) is 0. The number of thiocarbonyl (C=S) groups is 1. The van der Waals surface area contributed by atoms with Gasteiger partial charge in [0, 0.05) is 16.8 Å². The van der Waals surface area contributed by atoms with Crippen LogP contribution in [0.25, 0.3) is 22.4 Å². The first-order valence-electron chi connectivity index (χ1n) is 9.23. The van der Waals surface area contributed by atoms with Crippen LogP contribution in [0.4, 0.5) is 5.69 Å². The van der Waals surface area contributed by atoms with Crippen LogP contribution in [0.5, 0.6) is 11.5 Å². The molecule has 3 aromatic carbocycles. The van der Waals surface area contributed by atoms with Crippen LogP contribution >= 0.6 is 12.2 Å². The van der Waals surface area contributed by atoms with Gasteiger partial charge in [0.05, 0.1) is 11.0 Å². The summed E-state index contributed by atoms with van der Waals surface area (Å²) < 4.78 is 10.6. The summed E-state index contributed by atoms with van der Waals surface area (Å²) in [5.74, 6) is 1.59. The van der Waals surface area contributed by atoms with E-state index >= 15 is 0 Å². The van der Waals surface area contributed by atoms with Gasteiger partial charge in [-0.1, -0.05) is 24.3 Å². The highest BCUT2D eigenvalue weighted by Crippen LogP contribution is 2.32. The van der Waals surface area contributed by atoms with E-state index in [0.717, 1.165) is 28.1 Å². The maximum absolute atomic E-state index is 12.5. The average Bonchev–Trinajstić information content (AvgIpc) is 3.40. The maximum Gasteiger partial charge on any atom is 0.257 e. The third kappa shape index (κ3) is 3.56. The normalized spacial score (nSPS) is 12.0. The van der Waals surface area contributed by atoms with Gasteiger partial charge in [0.15, 0.2) is 16.6 Å². The molecule has 0 bridgehead atoms. The third-order valence-electron chi connectivity index (χ3n) is 4.65. The minimum absolute atomic E-state index is 0.155. The SMILES string of the molecule is O=C(NC(=S)Nc1cccc(-c2nc3ccccc3[nH]2)c1)c1ccc2c(c1)OCO2. The highest BCUT2D eigenvalue weighted by molar-refractivity contribution is 7.80. The van der Waals surface area contributed by atoms with Crippen molar-refractivity contribution in [1.29, 1.82) is 0 Å². The minimum Gasteiger partial charge on any atom is -0.454 e. The van der Waals surface area contributed by atoms with Crippen molar-refractivity contribution in [3.05, 3.63) is 72.3 Å². The molecule has 0 aliphatic carbocycles. The molecule has 30 heavy (non-hydrogen) atoms. The van der Waals surface area contributed by atoms with Gasteiger partial charge >= 0.3 is 0 Å². The molecule has 4 aromatic rings. The highest BCUT2D eigenvalue weighted by Gasteiger charge is 2.17. The van der Waals surface area contributed by atoms with Crippen molar-refractivity contribution in [3.63, 3.8) is 0 Å². The monoisotopic (exact) mass is 416 g/mol. The van der Waals surface area contributed by atoms with Gasteiger partial charge in [0.25, 0.3) is 5.91 Å². The predicted octanol–water partition coefficient (Wildman–Crippen LogP) is 4.09. The van der Waals surface area contributed by atoms with Crippen LogP contribution < -0.4 is 20.1 Å². The van der Waals surface area contributed by atoms with E-state index in [9.17, 15) is 4.79 Å². The van der Waals surface area contributed by atoms with Crippen molar-refractivity contribution >= 4 is 40.0 Å². The second-order valence-electron chi connectivity index (χ2n) is 6.66. The van der Waals surface area contributed by atoms with Crippen LogP contribution in [0.2, 0.25) is 0 Å². The Morgan fingerprint density at radius 2 is 1.87 bits per heavy atom. The van der Waals surface area contributed by atoms with Crippen molar-refractivity contribution in [2.75, 3.05) is 12.1 Å². The summed E-state index contributed by atoms with van der Waals surface area (Å²) >= 11 is 5.30. The van der Waals surface area contributed by atoms with E-state index in [-0.39, 0.29) is 17.8 Å². The van der Waals surface area contributed by atoms with Crippen molar-refractivity contribution in [1.82, 2.24) is 15.3 Å². The van der Waals surface area contributed by atoms with E-state index < -0.39 is 0 Å². The van der Waals surface area contributed by atoms with Crippen molar-refractivity contribution < 1.29 is 14.3 Å². The first-order chi connectivity index (χ1) is 14.7. The van der Waals surface area contributed by atoms with Crippen molar-refractivity contribution in [2.45, 2.75) is 0 Å². The smallest absolute Gasteiger partial charge is 0.257 e. The highest BCUT2D eigenvalue weighted by atomic mass is 32.1. The number of H-pyrrole nitrogens is 1. The van der Waals surface area contributed by atoms with E-state index in [4.69, 9.17) is 21.7 Å². The molecule has 148 valence electrons.